The molecule has 0 aromatic rings. The highest BCUT2D eigenvalue weighted by molar-refractivity contribution is 7.87. The molecule has 1 fully saturated rings. The topological polar surface area (TPSA) is 43.4 Å². The first-order chi connectivity index (χ1) is 11.4. The maximum absolute atomic E-state index is 13.8. The Labute approximate surface area is 137 Å². The Morgan fingerprint density at radius 2 is 1.00 bits per heavy atom. The first-order valence-electron chi connectivity index (χ1n) is 5.61. The van der Waals surface area contributed by atoms with E-state index in [-0.39, 0.29) is 0 Å². The van der Waals surface area contributed by atoms with Crippen molar-refractivity contribution in [2.75, 3.05) is 0 Å². The molecule has 0 aliphatic heterocycles. The maximum Gasteiger partial charge on any atom is 0.457 e. The second-order valence-electron chi connectivity index (χ2n) is 5.06. The molecule has 0 atom stereocenters. The van der Waals surface area contributed by atoms with Gasteiger partial charge in [-0.2, -0.15) is 65.5 Å². The first-order valence-corrected chi connectivity index (χ1v) is 7.08. The zero-order valence-electron chi connectivity index (χ0n) is 11.4. The highest BCUT2D eigenvalue weighted by Gasteiger charge is 3.03. The van der Waals surface area contributed by atoms with Gasteiger partial charge in [0, 0.05) is 0 Å². The van der Waals surface area contributed by atoms with Crippen LogP contribution in [-0.2, 0) is 14.5 Å². The summed E-state index contributed by atoms with van der Waals surface area (Å²) in [5, 5.41) is -6.08. The molecule has 0 aromatic heterocycles. The standard InChI is InChI=1S/C8HF15O3S/c9-2(10)1(27(24,25)26-23)3(11,12)6(16,17)4(13,5(2,14)15)7(18,19)8(20,21)22/h1H. The van der Waals surface area contributed by atoms with E-state index in [0.717, 1.165) is 0 Å². The van der Waals surface area contributed by atoms with Crippen molar-refractivity contribution >= 4 is 10.1 Å². The second-order valence-corrected chi connectivity index (χ2v) is 6.64. The van der Waals surface area contributed by atoms with Gasteiger partial charge in [-0.05, 0) is 4.53 Å². The lowest BCUT2D eigenvalue weighted by atomic mass is 9.70. The van der Waals surface area contributed by atoms with Gasteiger partial charge in [-0.25, -0.2) is 4.39 Å². The van der Waals surface area contributed by atoms with Crippen LogP contribution in [0.4, 0.5) is 66.0 Å². The minimum Gasteiger partial charge on any atom is -0.223 e. The number of alkyl halides is 14. The van der Waals surface area contributed by atoms with Crippen LogP contribution in [0.15, 0.2) is 0 Å². The molecule has 0 spiro atoms. The van der Waals surface area contributed by atoms with Crippen molar-refractivity contribution in [2.45, 2.75) is 46.7 Å². The Hall–Kier alpha value is -1.14. The van der Waals surface area contributed by atoms with E-state index in [4.69, 9.17) is 0 Å². The molecule has 1 saturated carbocycles. The van der Waals surface area contributed by atoms with Crippen molar-refractivity contribution in [1.29, 1.82) is 0 Å². The summed E-state index contributed by atoms with van der Waals surface area (Å²) in [6.45, 7) is 0. The minimum atomic E-state index is -8.40. The molecule has 1 rings (SSSR count). The Morgan fingerprint density at radius 1 is 0.704 bits per heavy atom. The smallest absolute Gasteiger partial charge is 0.223 e. The molecule has 0 N–H and O–H groups in total. The van der Waals surface area contributed by atoms with E-state index in [1.165, 1.54) is 4.39 Å². The molecule has 0 bridgehead atoms. The third kappa shape index (κ3) is 2.38. The summed E-state index contributed by atoms with van der Waals surface area (Å²) in [5.74, 6) is -39.8. The Balaban J connectivity index is 4.12. The van der Waals surface area contributed by atoms with Crippen molar-refractivity contribution in [3.05, 3.63) is 0 Å². The molecule has 1 aliphatic rings. The van der Waals surface area contributed by atoms with Crippen LogP contribution in [0, 0.1) is 0 Å². The van der Waals surface area contributed by atoms with Crippen LogP contribution in [0.25, 0.3) is 0 Å². The quantitative estimate of drug-likeness (QED) is 0.595. The number of hydrogen-bond donors (Lipinski definition) is 0. The molecule has 0 radical (unpaired) electrons. The van der Waals surface area contributed by atoms with Crippen LogP contribution in [0.5, 0.6) is 0 Å². The third-order valence-corrected chi connectivity index (χ3v) is 4.87. The van der Waals surface area contributed by atoms with Crippen LogP contribution in [-0.4, -0.2) is 55.1 Å². The number of halogens is 15. The maximum atomic E-state index is 13.8. The molecule has 162 valence electrons. The Morgan fingerprint density at radius 3 is 1.22 bits per heavy atom. The van der Waals surface area contributed by atoms with Crippen molar-refractivity contribution in [1.82, 2.24) is 0 Å². The van der Waals surface area contributed by atoms with Gasteiger partial charge in [-0.1, -0.05) is 4.39 Å². The van der Waals surface area contributed by atoms with Crippen LogP contribution < -0.4 is 0 Å². The summed E-state index contributed by atoms with van der Waals surface area (Å²) < 4.78 is 218. The van der Waals surface area contributed by atoms with Gasteiger partial charge >= 0.3 is 51.6 Å². The zero-order valence-corrected chi connectivity index (χ0v) is 12.2. The fourth-order valence-corrected chi connectivity index (χ4v) is 3.30. The van der Waals surface area contributed by atoms with Crippen molar-refractivity contribution in [3.63, 3.8) is 0 Å². The highest BCUT2D eigenvalue weighted by Crippen LogP contribution is 2.71. The van der Waals surface area contributed by atoms with Crippen LogP contribution >= 0.6 is 0 Å². The van der Waals surface area contributed by atoms with Gasteiger partial charge in [-0.3, -0.25) is 0 Å². The monoisotopic (exact) mass is 462 g/mol. The lowest BCUT2D eigenvalue weighted by molar-refractivity contribution is -0.472. The number of rotatable bonds is 3. The predicted octanol–water partition coefficient (Wildman–Crippen LogP) is 4.05. The van der Waals surface area contributed by atoms with Gasteiger partial charge in [0.15, 0.2) is 0 Å². The molecule has 0 unspecified atom stereocenters. The zero-order chi connectivity index (χ0) is 22.3. The van der Waals surface area contributed by atoms with Gasteiger partial charge < -0.3 is 0 Å². The molecular formula is C8HF15O3S. The predicted molar refractivity (Wildman–Crippen MR) is 49.5 cm³/mol. The van der Waals surface area contributed by atoms with E-state index in [1.54, 1.807) is 0 Å². The average molecular weight is 462 g/mol. The minimum absolute atomic E-state index is 1.47. The van der Waals surface area contributed by atoms with Crippen molar-refractivity contribution < 1.29 is 78.8 Å². The molecule has 0 saturated heterocycles. The van der Waals surface area contributed by atoms with Crippen molar-refractivity contribution in [3.8, 4) is 0 Å². The highest BCUT2D eigenvalue weighted by atomic mass is 32.2. The average Bonchev–Trinajstić information content (AvgIpc) is 2.42. The molecule has 27 heavy (non-hydrogen) atoms. The summed E-state index contributed by atoms with van der Waals surface area (Å²) in [7, 11) is -7.53. The van der Waals surface area contributed by atoms with E-state index in [9.17, 15) is 74.4 Å². The molecule has 0 heterocycles. The number of hydrogen-bond acceptors (Lipinski definition) is 3. The van der Waals surface area contributed by atoms with E-state index >= 15 is 0 Å². The summed E-state index contributed by atoms with van der Waals surface area (Å²) in [6.07, 6.45) is -7.86. The summed E-state index contributed by atoms with van der Waals surface area (Å²) >= 11 is 0. The van der Waals surface area contributed by atoms with E-state index in [1.807, 2.05) is 0 Å². The summed E-state index contributed by atoms with van der Waals surface area (Å²) in [6, 6.07) is 0. The van der Waals surface area contributed by atoms with E-state index < -0.39 is 56.8 Å². The Kier molecular flexibility index (Phi) is 4.84. The molecule has 1 aliphatic carbocycles. The van der Waals surface area contributed by atoms with Gasteiger partial charge in [0.2, 0.25) is 5.25 Å². The summed E-state index contributed by atoms with van der Waals surface area (Å²) in [4.78, 5) is 0. The molecule has 19 heteroatoms. The third-order valence-electron chi connectivity index (χ3n) is 3.53. The molecule has 0 amide bonds. The molecule has 3 nitrogen and oxygen atoms in total. The van der Waals surface area contributed by atoms with E-state index in [2.05, 4.69) is 0 Å². The fourth-order valence-electron chi connectivity index (χ4n) is 2.20. The van der Waals surface area contributed by atoms with Crippen LogP contribution in [0.1, 0.15) is 0 Å². The largest absolute Gasteiger partial charge is 0.457 e. The Bertz CT molecular complexity index is 679. The van der Waals surface area contributed by atoms with Crippen molar-refractivity contribution in [2.24, 2.45) is 0 Å². The SMILES string of the molecule is O=S(=O)(OF)C1C(F)(F)C(F)(F)C(F)(C(F)(F)C(F)(F)F)C(F)(F)C1(F)F. The van der Waals surface area contributed by atoms with Crippen LogP contribution in [0.3, 0.4) is 0 Å². The van der Waals surface area contributed by atoms with Gasteiger partial charge in [0.25, 0.3) is 0 Å². The second kappa shape index (κ2) is 5.47. The van der Waals surface area contributed by atoms with Gasteiger partial charge in [-0.15, -0.1) is 0 Å². The molecular weight excluding hydrogens is 461 g/mol. The molecule has 0 aromatic carbocycles. The van der Waals surface area contributed by atoms with Crippen LogP contribution in [0.2, 0.25) is 0 Å². The lowest BCUT2D eigenvalue weighted by Crippen LogP contribution is -2.87. The van der Waals surface area contributed by atoms with E-state index in [0.29, 0.717) is 0 Å². The first kappa shape index (κ1) is 23.9. The van der Waals surface area contributed by atoms with Gasteiger partial charge in [0.05, 0.1) is 0 Å². The lowest BCUT2D eigenvalue weighted by Gasteiger charge is -2.53. The normalized spacial score (nSPS) is 32.9. The summed E-state index contributed by atoms with van der Waals surface area (Å²) in [5.41, 5.74) is -8.40. The fraction of sp³-hybridized carbons (Fsp3) is 1.00. The van der Waals surface area contributed by atoms with Gasteiger partial charge in [0.1, 0.15) is 0 Å².